The standard InChI is InChI=1S/C8H11FO2/c1-10-8(11-2)6-4-3-5-7(8)9/h4-6H,3H2,1-2H3. The highest BCUT2D eigenvalue weighted by molar-refractivity contribution is 5.21. The van der Waals surface area contributed by atoms with Gasteiger partial charge in [0.25, 0.3) is 0 Å². The average molecular weight is 158 g/mol. The fraction of sp³-hybridized carbons (Fsp3) is 0.500. The molecule has 0 saturated carbocycles. The second kappa shape index (κ2) is 3.15. The van der Waals surface area contributed by atoms with Crippen molar-refractivity contribution in [2.75, 3.05) is 14.2 Å². The second-order valence-corrected chi connectivity index (χ2v) is 2.27. The van der Waals surface area contributed by atoms with Gasteiger partial charge in [-0.1, -0.05) is 6.08 Å². The molecule has 0 radical (unpaired) electrons. The number of rotatable bonds is 2. The zero-order chi connectivity index (χ0) is 8.32. The number of hydrogen-bond donors (Lipinski definition) is 0. The normalized spacial score (nSPS) is 21.5. The lowest BCUT2D eigenvalue weighted by Gasteiger charge is -2.27. The molecule has 0 aromatic carbocycles. The van der Waals surface area contributed by atoms with E-state index < -0.39 is 5.79 Å². The zero-order valence-electron chi connectivity index (χ0n) is 6.63. The van der Waals surface area contributed by atoms with Crippen LogP contribution in [0.25, 0.3) is 0 Å². The molecule has 0 aromatic rings. The highest BCUT2D eigenvalue weighted by Gasteiger charge is 2.33. The van der Waals surface area contributed by atoms with Gasteiger partial charge in [-0.15, -0.1) is 0 Å². The zero-order valence-corrected chi connectivity index (χ0v) is 6.63. The maximum atomic E-state index is 13.1. The summed E-state index contributed by atoms with van der Waals surface area (Å²) in [4.78, 5) is 0. The Morgan fingerprint density at radius 1 is 1.45 bits per heavy atom. The van der Waals surface area contributed by atoms with E-state index in [1.165, 1.54) is 20.3 Å². The quantitative estimate of drug-likeness (QED) is 0.450. The molecule has 0 aromatic heterocycles. The molecule has 0 bridgehead atoms. The van der Waals surface area contributed by atoms with Gasteiger partial charge in [0.05, 0.1) is 0 Å². The first-order chi connectivity index (χ1) is 5.25. The van der Waals surface area contributed by atoms with Crippen molar-refractivity contribution in [1.82, 2.24) is 0 Å². The summed E-state index contributed by atoms with van der Waals surface area (Å²) in [5.41, 5.74) is 0. The van der Waals surface area contributed by atoms with Gasteiger partial charge >= 0.3 is 0 Å². The van der Waals surface area contributed by atoms with Crippen LogP contribution >= 0.6 is 0 Å². The highest BCUT2D eigenvalue weighted by Crippen LogP contribution is 2.28. The predicted molar refractivity (Wildman–Crippen MR) is 39.7 cm³/mol. The summed E-state index contributed by atoms with van der Waals surface area (Å²) in [5.74, 6) is -1.65. The van der Waals surface area contributed by atoms with Crippen molar-refractivity contribution in [3.8, 4) is 0 Å². The summed E-state index contributed by atoms with van der Waals surface area (Å²) in [7, 11) is 2.82. The van der Waals surface area contributed by atoms with E-state index in [0.717, 1.165) is 0 Å². The van der Waals surface area contributed by atoms with Crippen molar-refractivity contribution in [2.45, 2.75) is 12.2 Å². The van der Waals surface area contributed by atoms with Crippen LogP contribution in [0.15, 0.2) is 24.1 Å². The third-order valence-corrected chi connectivity index (χ3v) is 1.71. The Bertz CT molecular complexity index is 192. The largest absolute Gasteiger partial charge is 0.344 e. The lowest BCUT2D eigenvalue weighted by molar-refractivity contribution is -0.154. The molecule has 0 atom stereocenters. The van der Waals surface area contributed by atoms with E-state index in [4.69, 9.17) is 9.47 Å². The Morgan fingerprint density at radius 2 is 2.09 bits per heavy atom. The summed E-state index contributed by atoms with van der Waals surface area (Å²) in [6, 6.07) is 0. The fourth-order valence-corrected chi connectivity index (χ4v) is 1.03. The predicted octanol–water partition coefficient (Wildman–Crippen LogP) is 1.79. The molecule has 0 spiro atoms. The molecule has 0 N–H and O–H groups in total. The molecule has 0 aliphatic heterocycles. The van der Waals surface area contributed by atoms with Gasteiger partial charge in [0, 0.05) is 14.2 Å². The van der Waals surface area contributed by atoms with E-state index >= 15 is 0 Å². The molecule has 3 heteroatoms. The fourth-order valence-electron chi connectivity index (χ4n) is 1.03. The van der Waals surface area contributed by atoms with Crippen molar-refractivity contribution >= 4 is 0 Å². The van der Waals surface area contributed by atoms with Gasteiger partial charge < -0.3 is 9.47 Å². The molecular weight excluding hydrogens is 147 g/mol. The third-order valence-electron chi connectivity index (χ3n) is 1.71. The molecule has 11 heavy (non-hydrogen) atoms. The molecule has 1 rings (SSSR count). The van der Waals surface area contributed by atoms with Gasteiger partial charge in [0.15, 0.2) is 5.83 Å². The van der Waals surface area contributed by atoms with Crippen LogP contribution < -0.4 is 0 Å². The number of ether oxygens (including phenoxy) is 2. The maximum Gasteiger partial charge on any atom is 0.241 e. The molecule has 0 heterocycles. The highest BCUT2D eigenvalue weighted by atomic mass is 19.1. The van der Waals surface area contributed by atoms with Crippen LogP contribution in [0, 0.1) is 0 Å². The molecule has 2 nitrogen and oxygen atoms in total. The van der Waals surface area contributed by atoms with E-state index in [0.29, 0.717) is 6.42 Å². The van der Waals surface area contributed by atoms with Gasteiger partial charge in [-0.25, -0.2) is 4.39 Å². The van der Waals surface area contributed by atoms with E-state index in [1.807, 2.05) is 0 Å². The SMILES string of the molecule is COC1(OC)C=CCC=C1F. The minimum Gasteiger partial charge on any atom is -0.344 e. The Hall–Kier alpha value is -0.670. The first kappa shape index (κ1) is 8.43. The van der Waals surface area contributed by atoms with E-state index in [1.54, 1.807) is 12.2 Å². The number of halogens is 1. The van der Waals surface area contributed by atoms with Crippen LogP contribution in [0.2, 0.25) is 0 Å². The summed E-state index contributed by atoms with van der Waals surface area (Å²) in [5, 5.41) is 0. The minimum atomic E-state index is -1.27. The Morgan fingerprint density at radius 3 is 2.45 bits per heavy atom. The van der Waals surface area contributed by atoms with Crippen molar-refractivity contribution in [3.05, 3.63) is 24.1 Å². The molecule has 1 aliphatic carbocycles. The molecule has 0 amide bonds. The van der Waals surface area contributed by atoms with E-state index in [-0.39, 0.29) is 5.83 Å². The van der Waals surface area contributed by atoms with Crippen LogP contribution in [-0.2, 0) is 9.47 Å². The van der Waals surface area contributed by atoms with Crippen LogP contribution in [0.1, 0.15) is 6.42 Å². The van der Waals surface area contributed by atoms with Crippen molar-refractivity contribution in [3.63, 3.8) is 0 Å². The Balaban J connectivity index is 2.87. The smallest absolute Gasteiger partial charge is 0.241 e. The van der Waals surface area contributed by atoms with Crippen LogP contribution in [0.5, 0.6) is 0 Å². The third kappa shape index (κ3) is 1.34. The van der Waals surface area contributed by atoms with Crippen LogP contribution in [-0.4, -0.2) is 20.0 Å². The van der Waals surface area contributed by atoms with E-state index in [2.05, 4.69) is 0 Å². The minimum absolute atomic E-state index is 0.384. The van der Waals surface area contributed by atoms with E-state index in [9.17, 15) is 4.39 Å². The summed E-state index contributed by atoms with van der Waals surface area (Å²) in [6.07, 6.45) is 5.41. The van der Waals surface area contributed by atoms with Crippen molar-refractivity contribution in [2.24, 2.45) is 0 Å². The van der Waals surface area contributed by atoms with Crippen LogP contribution in [0.3, 0.4) is 0 Å². The second-order valence-electron chi connectivity index (χ2n) is 2.27. The van der Waals surface area contributed by atoms with Gasteiger partial charge in [-0.05, 0) is 18.6 Å². The van der Waals surface area contributed by atoms with Gasteiger partial charge in [-0.3, -0.25) is 0 Å². The molecule has 0 unspecified atom stereocenters. The van der Waals surface area contributed by atoms with Crippen molar-refractivity contribution < 1.29 is 13.9 Å². The molecule has 0 saturated heterocycles. The Labute approximate surface area is 65.3 Å². The topological polar surface area (TPSA) is 18.5 Å². The van der Waals surface area contributed by atoms with Crippen molar-refractivity contribution in [1.29, 1.82) is 0 Å². The molecule has 62 valence electrons. The monoisotopic (exact) mass is 158 g/mol. The number of allylic oxidation sites excluding steroid dienone is 2. The first-order valence-electron chi connectivity index (χ1n) is 3.39. The number of methoxy groups -OCH3 is 2. The molecule has 0 fully saturated rings. The molecular formula is C8H11FO2. The number of hydrogen-bond acceptors (Lipinski definition) is 2. The average Bonchev–Trinajstić information content (AvgIpc) is 2.06. The summed E-state index contributed by atoms with van der Waals surface area (Å²) < 4.78 is 22.8. The maximum absolute atomic E-state index is 13.1. The van der Waals surface area contributed by atoms with Gasteiger partial charge in [-0.2, -0.15) is 0 Å². The van der Waals surface area contributed by atoms with Crippen LogP contribution in [0.4, 0.5) is 4.39 Å². The van der Waals surface area contributed by atoms with Gasteiger partial charge in [0.2, 0.25) is 5.79 Å². The summed E-state index contributed by atoms with van der Waals surface area (Å²) >= 11 is 0. The first-order valence-corrected chi connectivity index (χ1v) is 3.39. The van der Waals surface area contributed by atoms with Gasteiger partial charge in [0.1, 0.15) is 0 Å². The lowest BCUT2D eigenvalue weighted by atomic mass is 10.1. The summed E-state index contributed by atoms with van der Waals surface area (Å²) in [6.45, 7) is 0. The molecule has 1 aliphatic rings. The lowest BCUT2D eigenvalue weighted by Crippen LogP contribution is -2.33. The Kier molecular flexibility index (Phi) is 2.42.